The molecule has 94 valence electrons. The van der Waals surface area contributed by atoms with Crippen LogP contribution in [0, 0.1) is 5.41 Å². The van der Waals surface area contributed by atoms with Crippen LogP contribution in [0.25, 0.3) is 0 Å². The predicted molar refractivity (Wildman–Crippen MR) is 65.6 cm³/mol. The van der Waals surface area contributed by atoms with Crippen LogP contribution in [-0.4, -0.2) is 43.0 Å². The first-order valence-electron chi connectivity index (χ1n) is 6.23. The maximum atomic E-state index is 11.2. The Balaban J connectivity index is 2.55. The van der Waals surface area contributed by atoms with Crippen LogP contribution in [0.1, 0.15) is 40.5 Å². The van der Waals surface area contributed by atoms with E-state index in [-0.39, 0.29) is 11.0 Å². The fraction of sp³-hybridized carbons (Fsp3) is 0.923. The number of nitrogens with zero attached hydrogens (tertiary/aromatic N) is 1. The van der Waals surface area contributed by atoms with Crippen molar-refractivity contribution in [3.63, 3.8) is 0 Å². The van der Waals surface area contributed by atoms with Crippen LogP contribution in [0.5, 0.6) is 0 Å². The van der Waals surface area contributed by atoms with E-state index < -0.39 is 0 Å². The molecule has 1 unspecified atom stereocenters. The smallest absolute Gasteiger partial charge is 0.127 e. The van der Waals surface area contributed by atoms with Crippen molar-refractivity contribution in [1.82, 2.24) is 4.90 Å². The summed E-state index contributed by atoms with van der Waals surface area (Å²) in [4.78, 5) is 13.5. The number of carbonyl (C=O) groups excluding carboxylic acids is 1. The molecule has 16 heavy (non-hydrogen) atoms. The molecule has 1 fully saturated rings. The average molecular weight is 227 g/mol. The van der Waals surface area contributed by atoms with Gasteiger partial charge in [-0.1, -0.05) is 20.3 Å². The summed E-state index contributed by atoms with van der Waals surface area (Å²) in [5, 5.41) is 0. The molecule has 1 saturated heterocycles. The highest BCUT2D eigenvalue weighted by Crippen LogP contribution is 2.25. The van der Waals surface area contributed by atoms with E-state index in [1.54, 1.807) is 0 Å². The molecule has 0 amide bonds. The third kappa shape index (κ3) is 3.87. The van der Waals surface area contributed by atoms with Gasteiger partial charge in [0.15, 0.2) is 0 Å². The molecule has 3 heteroatoms. The Morgan fingerprint density at radius 1 is 1.50 bits per heavy atom. The van der Waals surface area contributed by atoms with E-state index in [2.05, 4.69) is 32.6 Å². The Hall–Kier alpha value is -0.410. The van der Waals surface area contributed by atoms with Crippen molar-refractivity contribution in [2.24, 2.45) is 5.41 Å². The Morgan fingerprint density at radius 3 is 2.69 bits per heavy atom. The first-order valence-corrected chi connectivity index (χ1v) is 6.23. The third-order valence-electron chi connectivity index (χ3n) is 3.20. The zero-order valence-corrected chi connectivity index (χ0v) is 11.1. The highest BCUT2D eigenvalue weighted by molar-refractivity contribution is 5.59. The lowest BCUT2D eigenvalue weighted by Gasteiger charge is -2.41. The lowest BCUT2D eigenvalue weighted by atomic mass is 9.86. The maximum absolute atomic E-state index is 11.2. The third-order valence-corrected chi connectivity index (χ3v) is 3.20. The molecule has 0 aromatic heterocycles. The number of aldehydes is 1. The minimum atomic E-state index is -0.192. The van der Waals surface area contributed by atoms with Crippen LogP contribution >= 0.6 is 0 Å². The summed E-state index contributed by atoms with van der Waals surface area (Å²) in [5.41, 5.74) is -0.267. The molecular weight excluding hydrogens is 202 g/mol. The first kappa shape index (κ1) is 13.7. The van der Waals surface area contributed by atoms with Gasteiger partial charge in [0.25, 0.3) is 0 Å². The molecule has 0 bridgehead atoms. The van der Waals surface area contributed by atoms with Crippen molar-refractivity contribution in [3.8, 4) is 0 Å². The number of carbonyl (C=O) groups is 1. The van der Waals surface area contributed by atoms with Gasteiger partial charge in [0, 0.05) is 25.0 Å². The molecule has 0 aromatic rings. The zero-order chi connectivity index (χ0) is 12.2. The van der Waals surface area contributed by atoms with Crippen molar-refractivity contribution in [2.75, 3.05) is 26.2 Å². The summed E-state index contributed by atoms with van der Waals surface area (Å²) in [7, 11) is 0. The molecule has 0 saturated carbocycles. The van der Waals surface area contributed by atoms with Crippen LogP contribution in [-0.2, 0) is 9.53 Å². The van der Waals surface area contributed by atoms with Gasteiger partial charge in [0.05, 0.1) is 12.2 Å². The van der Waals surface area contributed by atoms with Gasteiger partial charge in [0.1, 0.15) is 6.29 Å². The summed E-state index contributed by atoms with van der Waals surface area (Å²) >= 11 is 0. The van der Waals surface area contributed by atoms with Gasteiger partial charge in [-0.3, -0.25) is 4.90 Å². The molecule has 1 aliphatic rings. The second kappa shape index (κ2) is 5.28. The first-order chi connectivity index (χ1) is 7.41. The highest BCUT2D eigenvalue weighted by Gasteiger charge is 2.32. The Bertz CT molecular complexity index is 240. The van der Waals surface area contributed by atoms with Gasteiger partial charge >= 0.3 is 0 Å². The minimum absolute atomic E-state index is 0.0751. The molecular formula is C13H25NO2. The molecule has 0 radical (unpaired) electrons. The van der Waals surface area contributed by atoms with Crippen molar-refractivity contribution >= 4 is 6.29 Å². The summed E-state index contributed by atoms with van der Waals surface area (Å²) < 4.78 is 5.67. The fourth-order valence-corrected chi connectivity index (χ4v) is 2.51. The van der Waals surface area contributed by atoms with Crippen LogP contribution in [0.15, 0.2) is 0 Å². The van der Waals surface area contributed by atoms with Crippen molar-refractivity contribution < 1.29 is 9.53 Å². The Kier molecular flexibility index (Phi) is 4.51. The summed E-state index contributed by atoms with van der Waals surface area (Å²) in [6.07, 6.45) is 3.15. The lowest BCUT2D eigenvalue weighted by molar-refractivity contribution is -0.121. The summed E-state index contributed by atoms with van der Waals surface area (Å²) in [5.74, 6) is 0. The highest BCUT2D eigenvalue weighted by atomic mass is 16.5. The SMILES string of the molecule is CCCC(C)(C=O)CN1CCOC(C)(C)C1. The van der Waals surface area contributed by atoms with Crippen molar-refractivity contribution in [3.05, 3.63) is 0 Å². The molecule has 1 aliphatic heterocycles. The van der Waals surface area contributed by atoms with Gasteiger partial charge < -0.3 is 9.53 Å². The standard InChI is InChI=1S/C13H25NO2/c1-5-6-13(4,11-15)10-14-7-8-16-12(2,3)9-14/h11H,5-10H2,1-4H3. The van der Waals surface area contributed by atoms with Crippen LogP contribution in [0.4, 0.5) is 0 Å². The number of hydrogen-bond acceptors (Lipinski definition) is 3. The maximum Gasteiger partial charge on any atom is 0.127 e. The van der Waals surface area contributed by atoms with Crippen molar-refractivity contribution in [2.45, 2.75) is 46.1 Å². The van der Waals surface area contributed by atoms with E-state index in [0.717, 1.165) is 45.4 Å². The quantitative estimate of drug-likeness (QED) is 0.674. The molecule has 0 aliphatic carbocycles. The van der Waals surface area contributed by atoms with Crippen LogP contribution < -0.4 is 0 Å². The fourth-order valence-electron chi connectivity index (χ4n) is 2.51. The van der Waals surface area contributed by atoms with Crippen molar-refractivity contribution in [1.29, 1.82) is 0 Å². The molecule has 0 spiro atoms. The molecule has 1 heterocycles. The molecule has 0 aromatic carbocycles. The minimum Gasteiger partial charge on any atom is -0.373 e. The normalized spacial score (nSPS) is 25.0. The van der Waals surface area contributed by atoms with Gasteiger partial charge in [-0.15, -0.1) is 0 Å². The van der Waals surface area contributed by atoms with Gasteiger partial charge in [-0.05, 0) is 20.3 Å². The Morgan fingerprint density at radius 2 is 2.19 bits per heavy atom. The topological polar surface area (TPSA) is 29.5 Å². The molecule has 3 nitrogen and oxygen atoms in total. The largest absolute Gasteiger partial charge is 0.373 e. The molecule has 0 N–H and O–H groups in total. The van der Waals surface area contributed by atoms with Crippen LogP contribution in [0.2, 0.25) is 0 Å². The van der Waals surface area contributed by atoms with E-state index in [9.17, 15) is 4.79 Å². The summed E-state index contributed by atoms with van der Waals surface area (Å²) in [6.45, 7) is 11.9. The lowest BCUT2D eigenvalue weighted by Crippen LogP contribution is -2.51. The van der Waals surface area contributed by atoms with Gasteiger partial charge in [0.2, 0.25) is 0 Å². The second-order valence-electron chi connectivity index (χ2n) is 5.84. The Labute approximate surface area is 99.1 Å². The summed E-state index contributed by atoms with van der Waals surface area (Å²) in [6, 6.07) is 0. The number of hydrogen-bond donors (Lipinski definition) is 0. The zero-order valence-electron chi connectivity index (χ0n) is 11.1. The second-order valence-corrected chi connectivity index (χ2v) is 5.84. The number of morpholine rings is 1. The molecule has 1 rings (SSSR count). The van der Waals surface area contributed by atoms with E-state index >= 15 is 0 Å². The van der Waals surface area contributed by atoms with E-state index in [1.807, 2.05) is 0 Å². The van der Waals surface area contributed by atoms with E-state index in [4.69, 9.17) is 4.74 Å². The monoisotopic (exact) mass is 227 g/mol. The van der Waals surface area contributed by atoms with E-state index in [1.165, 1.54) is 0 Å². The predicted octanol–water partition coefficient (Wildman–Crippen LogP) is 2.10. The van der Waals surface area contributed by atoms with Gasteiger partial charge in [-0.2, -0.15) is 0 Å². The van der Waals surface area contributed by atoms with E-state index in [0.29, 0.717) is 0 Å². The number of rotatable bonds is 5. The van der Waals surface area contributed by atoms with Crippen LogP contribution in [0.3, 0.4) is 0 Å². The average Bonchev–Trinajstić information content (AvgIpc) is 2.16. The molecule has 1 atom stereocenters. The number of ether oxygens (including phenoxy) is 1. The van der Waals surface area contributed by atoms with Gasteiger partial charge in [-0.25, -0.2) is 0 Å².